The van der Waals surface area contributed by atoms with Crippen LogP contribution in [-0.2, 0) is 11.3 Å². The van der Waals surface area contributed by atoms with E-state index < -0.39 is 11.4 Å². The van der Waals surface area contributed by atoms with Crippen LogP contribution in [0.25, 0.3) is 0 Å². The molecule has 0 aliphatic carbocycles. The molecule has 1 heterocycles. The number of carboxylic acids is 1. The first-order chi connectivity index (χ1) is 9.43. The molecule has 3 N–H and O–H groups in total. The summed E-state index contributed by atoms with van der Waals surface area (Å²) in [5, 5.41) is 16.7. The first kappa shape index (κ1) is 16.5. The molecule has 1 rings (SSSR count). The summed E-state index contributed by atoms with van der Waals surface area (Å²) >= 11 is 1.59. The van der Waals surface area contributed by atoms with Crippen molar-refractivity contribution in [2.45, 2.75) is 40.2 Å². The summed E-state index contributed by atoms with van der Waals surface area (Å²) in [5.74, 6) is -0.864. The molecule has 0 unspecified atom stereocenters. The fourth-order valence-corrected chi connectivity index (χ4v) is 2.76. The lowest BCUT2D eigenvalue weighted by Gasteiger charge is -2.26. The fraction of sp³-hybridized carbons (Fsp3) is 0.571. The number of aryl methyl sites for hydroxylation is 1. The number of amides is 2. The predicted molar refractivity (Wildman–Crippen MR) is 79.9 cm³/mol. The van der Waals surface area contributed by atoms with Crippen molar-refractivity contribution in [3.05, 3.63) is 21.9 Å². The molecule has 2 amide bonds. The second kappa shape index (κ2) is 7.28. The predicted octanol–water partition coefficient (Wildman–Crippen LogP) is 2.75. The van der Waals surface area contributed by atoms with E-state index in [1.54, 1.807) is 11.3 Å². The second-order valence-electron chi connectivity index (χ2n) is 4.92. The molecule has 0 aromatic carbocycles. The number of hydrogen-bond donors (Lipinski definition) is 3. The molecule has 0 saturated carbocycles. The number of carbonyl (C=O) groups is 2. The summed E-state index contributed by atoms with van der Waals surface area (Å²) in [6.45, 7) is 6.26. The van der Waals surface area contributed by atoms with Crippen molar-refractivity contribution >= 4 is 23.3 Å². The van der Waals surface area contributed by atoms with Crippen molar-refractivity contribution < 1.29 is 14.7 Å². The number of rotatable bonds is 7. The number of thiophene rings is 1. The average molecular weight is 298 g/mol. The number of hydrogen-bond acceptors (Lipinski definition) is 3. The van der Waals surface area contributed by atoms with Gasteiger partial charge in [-0.25, -0.2) is 4.79 Å². The summed E-state index contributed by atoms with van der Waals surface area (Å²) in [4.78, 5) is 24.1. The first-order valence-corrected chi connectivity index (χ1v) is 7.60. The number of nitrogens with one attached hydrogen (secondary N) is 2. The molecule has 112 valence electrons. The van der Waals surface area contributed by atoms with Crippen molar-refractivity contribution in [3.63, 3.8) is 0 Å². The molecule has 0 atom stereocenters. The quantitative estimate of drug-likeness (QED) is 0.724. The van der Waals surface area contributed by atoms with Crippen molar-refractivity contribution in [1.29, 1.82) is 0 Å². The van der Waals surface area contributed by atoms with Crippen LogP contribution in [0, 0.1) is 12.3 Å². The molecule has 0 bridgehead atoms. The van der Waals surface area contributed by atoms with Crippen LogP contribution in [0.15, 0.2) is 11.4 Å². The molecule has 0 aliphatic rings. The van der Waals surface area contributed by atoms with Crippen LogP contribution in [0.5, 0.6) is 0 Å². The maximum atomic E-state index is 11.7. The Bertz CT molecular complexity index is 467. The highest BCUT2D eigenvalue weighted by atomic mass is 32.1. The molecule has 0 aliphatic heterocycles. The summed E-state index contributed by atoms with van der Waals surface area (Å²) < 4.78 is 0. The lowest BCUT2D eigenvalue weighted by molar-refractivity contribution is -0.149. The van der Waals surface area contributed by atoms with Crippen LogP contribution in [0.1, 0.15) is 37.1 Å². The molecule has 0 radical (unpaired) electrons. The molecule has 0 spiro atoms. The maximum absolute atomic E-state index is 11.7. The minimum atomic E-state index is -0.878. The Morgan fingerprint density at radius 3 is 2.40 bits per heavy atom. The number of aliphatic carboxylic acids is 1. The zero-order valence-electron chi connectivity index (χ0n) is 12.2. The summed E-state index contributed by atoms with van der Waals surface area (Å²) in [7, 11) is 0. The number of urea groups is 1. The molecule has 5 nitrogen and oxygen atoms in total. The molecular formula is C14H22N2O3S. The Morgan fingerprint density at radius 2 is 1.95 bits per heavy atom. The van der Waals surface area contributed by atoms with Crippen LogP contribution < -0.4 is 10.6 Å². The minimum Gasteiger partial charge on any atom is -0.481 e. The van der Waals surface area contributed by atoms with Gasteiger partial charge in [0.1, 0.15) is 0 Å². The Labute approximate surface area is 123 Å². The van der Waals surface area contributed by atoms with E-state index in [2.05, 4.69) is 10.6 Å². The maximum Gasteiger partial charge on any atom is 0.315 e. The van der Waals surface area contributed by atoms with E-state index in [9.17, 15) is 14.7 Å². The molecule has 1 aromatic rings. The monoisotopic (exact) mass is 298 g/mol. The van der Waals surface area contributed by atoms with Gasteiger partial charge in [-0.05, 0) is 36.8 Å². The highest BCUT2D eigenvalue weighted by Gasteiger charge is 2.35. The fourth-order valence-electron chi connectivity index (χ4n) is 1.94. The van der Waals surface area contributed by atoms with Crippen molar-refractivity contribution in [1.82, 2.24) is 10.6 Å². The van der Waals surface area contributed by atoms with Crippen molar-refractivity contribution in [2.24, 2.45) is 5.41 Å². The van der Waals surface area contributed by atoms with Gasteiger partial charge in [-0.2, -0.15) is 0 Å². The van der Waals surface area contributed by atoms with E-state index in [0.717, 1.165) is 4.88 Å². The normalized spacial score (nSPS) is 11.2. The lowest BCUT2D eigenvalue weighted by Crippen LogP contribution is -2.45. The van der Waals surface area contributed by atoms with Gasteiger partial charge in [-0.3, -0.25) is 4.79 Å². The SMILES string of the molecule is CCC(CC)(CNC(=O)NCc1cc(C)cs1)C(=O)O. The average Bonchev–Trinajstić information content (AvgIpc) is 2.83. The third-order valence-electron chi connectivity index (χ3n) is 3.60. The van der Waals surface area contributed by atoms with Crippen LogP contribution in [0.2, 0.25) is 0 Å². The molecule has 0 saturated heterocycles. The Balaban J connectivity index is 2.44. The number of carbonyl (C=O) groups excluding carboxylic acids is 1. The highest BCUT2D eigenvalue weighted by molar-refractivity contribution is 7.10. The van der Waals surface area contributed by atoms with Crippen LogP contribution >= 0.6 is 11.3 Å². The Kier molecular flexibility index (Phi) is 6.01. The molecule has 20 heavy (non-hydrogen) atoms. The summed E-state index contributed by atoms with van der Waals surface area (Å²) in [5.41, 5.74) is 0.297. The zero-order valence-corrected chi connectivity index (χ0v) is 13.0. The third-order valence-corrected chi connectivity index (χ3v) is 4.66. The standard InChI is InChI=1S/C14H22N2O3S/c1-4-14(5-2,12(17)18)9-16-13(19)15-7-11-6-10(3)8-20-11/h6,8H,4-5,7,9H2,1-3H3,(H,17,18)(H2,15,16,19). The summed E-state index contributed by atoms with van der Waals surface area (Å²) in [6.07, 6.45) is 0.979. The van der Waals surface area contributed by atoms with E-state index in [4.69, 9.17) is 0 Å². The Morgan fingerprint density at radius 1 is 1.30 bits per heavy atom. The van der Waals surface area contributed by atoms with Gasteiger partial charge in [0, 0.05) is 11.4 Å². The van der Waals surface area contributed by atoms with Crippen LogP contribution in [0.3, 0.4) is 0 Å². The minimum absolute atomic E-state index is 0.143. The smallest absolute Gasteiger partial charge is 0.315 e. The van der Waals surface area contributed by atoms with Gasteiger partial charge < -0.3 is 15.7 Å². The largest absolute Gasteiger partial charge is 0.481 e. The second-order valence-corrected chi connectivity index (χ2v) is 5.91. The first-order valence-electron chi connectivity index (χ1n) is 6.72. The van der Waals surface area contributed by atoms with E-state index in [1.165, 1.54) is 5.56 Å². The molecule has 1 aromatic heterocycles. The van der Waals surface area contributed by atoms with Gasteiger partial charge in [-0.1, -0.05) is 13.8 Å². The topological polar surface area (TPSA) is 78.4 Å². The van der Waals surface area contributed by atoms with Crippen molar-refractivity contribution in [2.75, 3.05) is 6.54 Å². The molecule has 6 heteroatoms. The molecular weight excluding hydrogens is 276 g/mol. The molecule has 0 fully saturated rings. The Hall–Kier alpha value is -1.56. The van der Waals surface area contributed by atoms with E-state index in [1.807, 2.05) is 32.2 Å². The highest BCUT2D eigenvalue weighted by Crippen LogP contribution is 2.25. The van der Waals surface area contributed by atoms with Gasteiger partial charge in [0.15, 0.2) is 0 Å². The third kappa shape index (κ3) is 4.23. The van der Waals surface area contributed by atoms with Gasteiger partial charge in [-0.15, -0.1) is 11.3 Å². The van der Waals surface area contributed by atoms with Crippen LogP contribution in [0.4, 0.5) is 4.79 Å². The van der Waals surface area contributed by atoms with Crippen LogP contribution in [-0.4, -0.2) is 23.7 Å². The van der Waals surface area contributed by atoms with E-state index in [0.29, 0.717) is 19.4 Å². The van der Waals surface area contributed by atoms with Gasteiger partial charge in [0.05, 0.1) is 12.0 Å². The van der Waals surface area contributed by atoms with Gasteiger partial charge in [0.2, 0.25) is 0 Å². The lowest BCUT2D eigenvalue weighted by atomic mass is 9.82. The van der Waals surface area contributed by atoms with Gasteiger partial charge in [0.25, 0.3) is 0 Å². The zero-order chi connectivity index (χ0) is 15.2. The number of carboxylic acid groups (broad SMARTS) is 1. The van der Waals surface area contributed by atoms with Crippen molar-refractivity contribution in [3.8, 4) is 0 Å². The van der Waals surface area contributed by atoms with Gasteiger partial charge >= 0.3 is 12.0 Å². The van der Waals surface area contributed by atoms with E-state index in [-0.39, 0.29) is 12.6 Å². The summed E-state index contributed by atoms with van der Waals surface area (Å²) in [6, 6.07) is 1.69. The van der Waals surface area contributed by atoms with E-state index >= 15 is 0 Å².